The van der Waals surface area contributed by atoms with Gasteiger partial charge in [-0.3, -0.25) is 19.7 Å². The number of nitrogens with zero attached hydrogens (tertiary/aromatic N) is 4. The average Bonchev–Trinajstić information content (AvgIpc) is 2.72. The Morgan fingerprint density at radius 1 is 1.23 bits per heavy atom. The molecule has 0 unspecified atom stereocenters. The third kappa shape index (κ3) is 4.15. The van der Waals surface area contributed by atoms with Crippen LogP contribution in [0.25, 0.3) is 11.0 Å². The van der Waals surface area contributed by atoms with E-state index in [1.807, 2.05) is 6.07 Å². The molecule has 2 N–H and O–H groups in total. The molecule has 1 amide bonds. The summed E-state index contributed by atoms with van der Waals surface area (Å²) in [5, 5.41) is 16.3. The van der Waals surface area contributed by atoms with Crippen molar-refractivity contribution in [3.05, 3.63) is 35.7 Å². The van der Waals surface area contributed by atoms with E-state index in [0.717, 1.165) is 31.6 Å². The molecule has 0 radical (unpaired) electrons. The number of piperidine rings is 1. The minimum absolute atomic E-state index is 0.0159. The number of morpholine rings is 1. The summed E-state index contributed by atoms with van der Waals surface area (Å²) in [7, 11) is 0. The molecular weight excluding hydrogens is 380 g/mol. The lowest BCUT2D eigenvalue weighted by atomic mass is 9.71. The zero-order valence-electron chi connectivity index (χ0n) is 17.6. The van der Waals surface area contributed by atoms with Crippen molar-refractivity contribution in [2.75, 3.05) is 45.9 Å². The fraction of sp³-hybridized carbons (Fsp3) is 0.545. The van der Waals surface area contributed by atoms with Gasteiger partial charge in [0.2, 0.25) is 5.91 Å². The maximum absolute atomic E-state index is 13.1. The Hall–Kier alpha value is -2.60. The molecular formula is C22H28N6O2. The van der Waals surface area contributed by atoms with E-state index in [4.69, 9.17) is 4.74 Å². The molecule has 30 heavy (non-hydrogen) atoms. The van der Waals surface area contributed by atoms with E-state index in [0.29, 0.717) is 42.9 Å². The molecule has 1 aromatic heterocycles. The van der Waals surface area contributed by atoms with Crippen molar-refractivity contribution in [2.45, 2.75) is 25.8 Å². The van der Waals surface area contributed by atoms with Crippen molar-refractivity contribution in [3.63, 3.8) is 0 Å². The second-order valence-corrected chi connectivity index (χ2v) is 8.99. The molecule has 8 heteroatoms. The zero-order chi connectivity index (χ0) is 21.2. The number of benzene rings is 1. The third-order valence-electron chi connectivity index (χ3n) is 5.92. The number of hydrogen-bond acceptors (Lipinski definition) is 7. The zero-order valence-corrected chi connectivity index (χ0v) is 17.6. The van der Waals surface area contributed by atoms with E-state index in [1.165, 1.54) is 0 Å². The molecule has 0 spiro atoms. The van der Waals surface area contributed by atoms with Crippen LogP contribution in [-0.4, -0.2) is 66.7 Å². The number of carbonyl (C=O) groups is 1. The first-order chi connectivity index (χ1) is 14.4. The van der Waals surface area contributed by atoms with E-state index in [1.54, 1.807) is 18.5 Å². The van der Waals surface area contributed by atoms with Crippen LogP contribution in [0, 0.1) is 16.7 Å². The van der Waals surface area contributed by atoms with Crippen LogP contribution in [0.1, 0.15) is 31.4 Å². The van der Waals surface area contributed by atoms with Crippen LogP contribution < -0.4 is 10.6 Å². The van der Waals surface area contributed by atoms with Gasteiger partial charge in [-0.25, -0.2) is 0 Å². The predicted octanol–water partition coefficient (Wildman–Crippen LogP) is 1.16. The number of ether oxygens (including phenoxy) is 1. The summed E-state index contributed by atoms with van der Waals surface area (Å²) in [6.07, 6.45) is 4.00. The fourth-order valence-corrected chi connectivity index (χ4v) is 4.70. The van der Waals surface area contributed by atoms with Crippen LogP contribution in [0.4, 0.5) is 0 Å². The van der Waals surface area contributed by atoms with Crippen LogP contribution in [0.5, 0.6) is 0 Å². The minimum Gasteiger partial charge on any atom is -0.379 e. The first kappa shape index (κ1) is 20.7. The smallest absolute Gasteiger partial charge is 0.234 e. The van der Waals surface area contributed by atoms with Gasteiger partial charge in [-0.2, -0.15) is 5.26 Å². The van der Waals surface area contributed by atoms with E-state index >= 15 is 0 Å². The van der Waals surface area contributed by atoms with Gasteiger partial charge in [-0.15, -0.1) is 0 Å². The summed E-state index contributed by atoms with van der Waals surface area (Å²) in [6, 6.07) is 5.91. The van der Waals surface area contributed by atoms with E-state index in [-0.39, 0.29) is 11.3 Å². The molecule has 2 aliphatic heterocycles. The van der Waals surface area contributed by atoms with Gasteiger partial charge in [0.25, 0.3) is 0 Å². The summed E-state index contributed by atoms with van der Waals surface area (Å²) in [6.45, 7) is 9.03. The van der Waals surface area contributed by atoms with Gasteiger partial charge in [0.05, 0.1) is 36.4 Å². The molecule has 2 aliphatic rings. The predicted molar refractivity (Wildman–Crippen MR) is 113 cm³/mol. The van der Waals surface area contributed by atoms with Gasteiger partial charge >= 0.3 is 0 Å². The summed E-state index contributed by atoms with van der Waals surface area (Å²) in [4.78, 5) is 24.2. The summed E-state index contributed by atoms with van der Waals surface area (Å²) >= 11 is 0. The molecule has 158 valence electrons. The van der Waals surface area contributed by atoms with Gasteiger partial charge in [-0.05, 0) is 17.9 Å². The number of carbonyl (C=O) groups excluding carboxylic acids is 1. The van der Waals surface area contributed by atoms with Crippen molar-refractivity contribution >= 4 is 16.9 Å². The third-order valence-corrected chi connectivity index (χ3v) is 5.92. The van der Waals surface area contributed by atoms with E-state index < -0.39 is 5.54 Å². The van der Waals surface area contributed by atoms with Crippen LogP contribution in [0.3, 0.4) is 0 Å². The largest absolute Gasteiger partial charge is 0.379 e. The Labute approximate surface area is 176 Å². The average molecular weight is 409 g/mol. The van der Waals surface area contributed by atoms with Crippen molar-refractivity contribution in [2.24, 2.45) is 5.41 Å². The molecule has 4 rings (SSSR count). The molecule has 0 aliphatic carbocycles. The van der Waals surface area contributed by atoms with Crippen LogP contribution >= 0.6 is 0 Å². The van der Waals surface area contributed by atoms with Gasteiger partial charge < -0.3 is 15.4 Å². The lowest BCUT2D eigenvalue weighted by Gasteiger charge is -2.46. The lowest BCUT2D eigenvalue weighted by Crippen LogP contribution is -2.61. The molecule has 2 saturated heterocycles. The van der Waals surface area contributed by atoms with Crippen LogP contribution in [0.2, 0.25) is 0 Å². The van der Waals surface area contributed by atoms with E-state index in [2.05, 4.69) is 45.4 Å². The minimum atomic E-state index is -0.632. The molecule has 0 saturated carbocycles. The van der Waals surface area contributed by atoms with Crippen molar-refractivity contribution < 1.29 is 9.53 Å². The molecule has 2 aromatic rings. The fourth-order valence-electron chi connectivity index (χ4n) is 4.70. The highest BCUT2D eigenvalue weighted by atomic mass is 16.5. The second kappa shape index (κ2) is 8.26. The molecule has 2 fully saturated rings. The molecule has 1 atom stereocenters. The Kier molecular flexibility index (Phi) is 5.69. The highest BCUT2D eigenvalue weighted by Crippen LogP contribution is 2.40. The quantitative estimate of drug-likeness (QED) is 0.783. The first-order valence-corrected chi connectivity index (χ1v) is 10.4. The maximum atomic E-state index is 13.1. The van der Waals surface area contributed by atoms with Gasteiger partial charge in [0.15, 0.2) is 0 Å². The normalized spacial score (nSPS) is 24.3. The second-order valence-electron chi connectivity index (χ2n) is 8.99. The van der Waals surface area contributed by atoms with Crippen molar-refractivity contribution in [1.29, 1.82) is 5.26 Å². The van der Waals surface area contributed by atoms with Crippen LogP contribution in [0.15, 0.2) is 24.5 Å². The molecule has 0 bridgehead atoms. The first-order valence-electron chi connectivity index (χ1n) is 10.4. The highest BCUT2D eigenvalue weighted by Gasteiger charge is 2.44. The Morgan fingerprint density at radius 2 is 1.97 bits per heavy atom. The Balaban J connectivity index is 1.73. The monoisotopic (exact) mass is 408 g/mol. The number of rotatable bonds is 4. The van der Waals surface area contributed by atoms with Crippen LogP contribution in [-0.2, 0) is 15.1 Å². The number of hydrogen-bond donors (Lipinski definition) is 2. The number of nitriles is 1. The lowest BCUT2D eigenvalue weighted by molar-refractivity contribution is -0.126. The van der Waals surface area contributed by atoms with Gasteiger partial charge in [0.1, 0.15) is 11.6 Å². The topological polar surface area (TPSA) is 103 Å². The molecule has 8 nitrogen and oxygen atoms in total. The van der Waals surface area contributed by atoms with Gasteiger partial charge in [0, 0.05) is 44.1 Å². The number of fused-ring (bicyclic) bond motifs is 1. The molecule has 1 aromatic carbocycles. The number of aromatic nitrogens is 2. The Morgan fingerprint density at radius 3 is 2.67 bits per heavy atom. The highest BCUT2D eigenvalue weighted by molar-refractivity contribution is 5.86. The van der Waals surface area contributed by atoms with Crippen molar-refractivity contribution in [1.82, 2.24) is 25.5 Å². The SMILES string of the molecule is CC1(C)CNC[C@](NC(=O)CN2CCOCC2)(c2ccc(C#N)c3nccnc23)C1. The van der Waals surface area contributed by atoms with Crippen molar-refractivity contribution in [3.8, 4) is 6.07 Å². The summed E-state index contributed by atoms with van der Waals surface area (Å²) in [5.41, 5.74) is 1.98. The summed E-state index contributed by atoms with van der Waals surface area (Å²) in [5.74, 6) is -0.0159. The number of nitrogens with one attached hydrogen (secondary N) is 2. The number of amides is 1. The van der Waals surface area contributed by atoms with Gasteiger partial charge in [-0.1, -0.05) is 19.9 Å². The standard InChI is InChI=1S/C22H28N6O2/c1-21(2)13-22(15-24-14-21,27-18(29)12-28-7-9-30-10-8-28)17-4-3-16(11-23)19-20(17)26-6-5-25-19/h3-6,24H,7-10,12-15H2,1-2H3,(H,27,29)/t22-/m0/s1. The summed E-state index contributed by atoms with van der Waals surface area (Å²) < 4.78 is 5.39. The maximum Gasteiger partial charge on any atom is 0.234 e. The van der Waals surface area contributed by atoms with E-state index in [9.17, 15) is 10.1 Å². The Bertz CT molecular complexity index is 979. The molecule has 3 heterocycles.